The minimum atomic E-state index is -1.32. The number of hydrogen-bond donors (Lipinski definition) is 2. The Balaban J connectivity index is 2.39. The molecule has 0 aromatic heterocycles. The average Bonchev–Trinajstić information content (AvgIpc) is 2.43. The topological polar surface area (TPSA) is 73.1 Å². The lowest BCUT2D eigenvalue weighted by molar-refractivity contribution is 0.0696. The van der Waals surface area contributed by atoms with Crippen molar-refractivity contribution < 1.29 is 23.1 Å². The molecule has 0 radical (unpaired) electrons. The first-order chi connectivity index (χ1) is 9.92. The average molecular weight is 292 g/mol. The van der Waals surface area contributed by atoms with Gasteiger partial charge in [0.1, 0.15) is 11.5 Å². The first kappa shape index (κ1) is 14.4. The molecule has 106 valence electrons. The number of carbonyl (C=O) groups is 1. The molecule has 0 saturated heterocycles. The number of carboxylic acid groups (broad SMARTS) is 1. The lowest BCUT2D eigenvalue weighted by Crippen LogP contribution is -2.03. The second-order valence-electron chi connectivity index (χ2n) is 4.05. The van der Waals surface area contributed by atoms with Crippen molar-refractivity contribution in [3.05, 3.63) is 58.9 Å². The van der Waals surface area contributed by atoms with Gasteiger partial charge in [-0.3, -0.25) is 0 Å². The molecule has 0 spiro atoms. The van der Waals surface area contributed by atoms with E-state index in [0.717, 1.165) is 30.3 Å². The van der Waals surface area contributed by atoms with Gasteiger partial charge in [0.15, 0.2) is 11.6 Å². The van der Waals surface area contributed by atoms with Crippen LogP contribution in [0.2, 0.25) is 0 Å². The van der Waals surface area contributed by atoms with E-state index in [1.54, 1.807) is 6.07 Å². The Labute approximate surface area is 117 Å². The van der Waals surface area contributed by atoms with Crippen LogP contribution in [-0.2, 0) is 0 Å². The lowest BCUT2D eigenvalue weighted by atomic mass is 10.1. The molecule has 2 aromatic rings. The summed E-state index contributed by atoms with van der Waals surface area (Å²) in [4.78, 5) is 10.7. The van der Waals surface area contributed by atoms with Crippen LogP contribution in [0.25, 0.3) is 0 Å². The number of halogens is 3. The van der Waals surface area contributed by atoms with Crippen molar-refractivity contribution in [2.45, 2.75) is 0 Å². The molecule has 0 saturated carbocycles. The SMILES string of the molecule is N#Cc1cc(F)c(Nc2ccc(C(=O)O)cc2F)c(F)c1. The van der Waals surface area contributed by atoms with Gasteiger partial charge in [-0.15, -0.1) is 0 Å². The minimum absolute atomic E-state index is 0.211. The Kier molecular flexibility index (Phi) is 3.80. The molecule has 2 N–H and O–H groups in total. The predicted octanol–water partition coefficient (Wildman–Crippen LogP) is 3.42. The van der Waals surface area contributed by atoms with Crippen LogP contribution in [-0.4, -0.2) is 11.1 Å². The molecule has 21 heavy (non-hydrogen) atoms. The third kappa shape index (κ3) is 2.95. The van der Waals surface area contributed by atoms with E-state index in [2.05, 4.69) is 5.32 Å². The van der Waals surface area contributed by atoms with Gasteiger partial charge in [0.25, 0.3) is 0 Å². The third-order valence-corrected chi connectivity index (χ3v) is 2.65. The van der Waals surface area contributed by atoms with Crippen LogP contribution in [0.3, 0.4) is 0 Å². The number of nitriles is 1. The third-order valence-electron chi connectivity index (χ3n) is 2.65. The highest BCUT2D eigenvalue weighted by Crippen LogP contribution is 2.26. The molecule has 0 aliphatic heterocycles. The van der Waals surface area contributed by atoms with Crippen LogP contribution < -0.4 is 5.32 Å². The number of carboxylic acids is 1. The molecule has 0 atom stereocenters. The highest BCUT2D eigenvalue weighted by Gasteiger charge is 2.14. The molecule has 0 heterocycles. The fourth-order valence-electron chi connectivity index (χ4n) is 1.64. The highest BCUT2D eigenvalue weighted by molar-refractivity contribution is 5.88. The van der Waals surface area contributed by atoms with E-state index in [4.69, 9.17) is 10.4 Å². The molecular formula is C14H7F3N2O2. The summed E-state index contributed by atoms with van der Waals surface area (Å²) in [6, 6.07) is 6.05. The number of benzene rings is 2. The summed E-state index contributed by atoms with van der Waals surface area (Å²) in [6.45, 7) is 0. The van der Waals surface area contributed by atoms with Crippen molar-refractivity contribution in [3.63, 3.8) is 0 Å². The summed E-state index contributed by atoms with van der Waals surface area (Å²) in [5, 5.41) is 19.5. The van der Waals surface area contributed by atoms with Crippen LogP contribution in [0.5, 0.6) is 0 Å². The molecular weight excluding hydrogens is 285 g/mol. The first-order valence-corrected chi connectivity index (χ1v) is 5.61. The van der Waals surface area contributed by atoms with Crippen LogP contribution >= 0.6 is 0 Å². The Bertz CT molecular complexity index is 746. The quantitative estimate of drug-likeness (QED) is 0.909. The second kappa shape index (κ2) is 5.54. The number of rotatable bonds is 3. The fraction of sp³-hybridized carbons (Fsp3) is 0. The second-order valence-corrected chi connectivity index (χ2v) is 4.05. The molecule has 7 heteroatoms. The first-order valence-electron chi connectivity index (χ1n) is 5.61. The fourth-order valence-corrected chi connectivity index (χ4v) is 1.64. The summed E-state index contributed by atoms with van der Waals surface area (Å²) < 4.78 is 41.0. The van der Waals surface area contributed by atoms with E-state index in [9.17, 15) is 18.0 Å². The van der Waals surface area contributed by atoms with Crippen LogP contribution in [0.15, 0.2) is 30.3 Å². The van der Waals surface area contributed by atoms with Crippen molar-refractivity contribution in [2.24, 2.45) is 0 Å². The van der Waals surface area contributed by atoms with Gasteiger partial charge in [0.2, 0.25) is 0 Å². The maximum absolute atomic E-state index is 13.7. The van der Waals surface area contributed by atoms with Crippen molar-refractivity contribution in [3.8, 4) is 6.07 Å². The van der Waals surface area contributed by atoms with Gasteiger partial charge >= 0.3 is 5.97 Å². The standard InChI is InChI=1S/C14H7F3N2O2/c15-9-5-8(14(20)21)1-2-12(9)19-13-10(16)3-7(6-18)4-11(13)17/h1-5,19H,(H,20,21). The van der Waals surface area contributed by atoms with E-state index >= 15 is 0 Å². The van der Waals surface area contributed by atoms with E-state index in [0.29, 0.717) is 0 Å². The minimum Gasteiger partial charge on any atom is -0.478 e. The van der Waals surface area contributed by atoms with Gasteiger partial charge in [0, 0.05) is 0 Å². The van der Waals surface area contributed by atoms with Crippen molar-refractivity contribution in [2.75, 3.05) is 5.32 Å². The van der Waals surface area contributed by atoms with Gasteiger partial charge in [0.05, 0.1) is 22.9 Å². The zero-order valence-electron chi connectivity index (χ0n) is 10.3. The largest absolute Gasteiger partial charge is 0.478 e. The Morgan fingerprint density at radius 3 is 2.19 bits per heavy atom. The highest BCUT2D eigenvalue weighted by atomic mass is 19.1. The number of anilines is 2. The van der Waals surface area contributed by atoms with Gasteiger partial charge in [-0.05, 0) is 30.3 Å². The molecule has 4 nitrogen and oxygen atoms in total. The van der Waals surface area contributed by atoms with Crippen LogP contribution in [0.1, 0.15) is 15.9 Å². The molecule has 0 aliphatic carbocycles. The van der Waals surface area contributed by atoms with E-state index in [1.807, 2.05) is 0 Å². The van der Waals surface area contributed by atoms with Gasteiger partial charge < -0.3 is 10.4 Å². The Morgan fingerprint density at radius 1 is 1.10 bits per heavy atom. The molecule has 0 fully saturated rings. The molecule has 0 bridgehead atoms. The smallest absolute Gasteiger partial charge is 0.335 e. The summed E-state index contributed by atoms with van der Waals surface area (Å²) in [5.41, 5.74) is -1.42. The molecule has 0 aliphatic rings. The number of nitrogens with one attached hydrogen (secondary N) is 1. The Hall–Kier alpha value is -3.01. The van der Waals surface area contributed by atoms with E-state index in [1.165, 1.54) is 0 Å². The molecule has 0 unspecified atom stereocenters. The van der Waals surface area contributed by atoms with E-state index in [-0.39, 0.29) is 16.8 Å². The number of nitrogens with zero attached hydrogens (tertiary/aromatic N) is 1. The van der Waals surface area contributed by atoms with Crippen molar-refractivity contribution >= 4 is 17.3 Å². The van der Waals surface area contributed by atoms with Crippen LogP contribution in [0.4, 0.5) is 24.5 Å². The normalized spacial score (nSPS) is 10.0. The van der Waals surface area contributed by atoms with Gasteiger partial charge in [-0.1, -0.05) is 0 Å². The maximum Gasteiger partial charge on any atom is 0.335 e. The lowest BCUT2D eigenvalue weighted by Gasteiger charge is -2.10. The maximum atomic E-state index is 13.7. The predicted molar refractivity (Wildman–Crippen MR) is 67.7 cm³/mol. The summed E-state index contributed by atoms with van der Waals surface area (Å²) in [5.74, 6) is -4.42. The van der Waals surface area contributed by atoms with Crippen LogP contribution in [0, 0.1) is 28.8 Å². The van der Waals surface area contributed by atoms with Crippen molar-refractivity contribution in [1.82, 2.24) is 0 Å². The molecule has 2 aromatic carbocycles. The molecule has 0 amide bonds. The van der Waals surface area contributed by atoms with Crippen molar-refractivity contribution in [1.29, 1.82) is 5.26 Å². The van der Waals surface area contributed by atoms with Gasteiger partial charge in [-0.25, -0.2) is 18.0 Å². The Morgan fingerprint density at radius 2 is 1.71 bits per heavy atom. The number of aromatic carboxylic acids is 1. The monoisotopic (exact) mass is 292 g/mol. The number of hydrogen-bond acceptors (Lipinski definition) is 3. The summed E-state index contributed by atoms with van der Waals surface area (Å²) in [7, 11) is 0. The zero-order chi connectivity index (χ0) is 15.6. The summed E-state index contributed by atoms with van der Waals surface area (Å²) in [6.07, 6.45) is 0. The van der Waals surface area contributed by atoms with Gasteiger partial charge in [-0.2, -0.15) is 5.26 Å². The zero-order valence-corrected chi connectivity index (χ0v) is 10.3. The summed E-state index contributed by atoms with van der Waals surface area (Å²) >= 11 is 0. The molecule has 2 rings (SSSR count). The van der Waals surface area contributed by atoms with E-state index < -0.39 is 29.1 Å².